The minimum absolute atomic E-state index is 0.453. The molecule has 0 saturated carbocycles. The van der Waals surface area contributed by atoms with Gasteiger partial charge in [-0.05, 0) is 80.8 Å². The van der Waals surface area contributed by atoms with Crippen molar-refractivity contribution in [2.45, 2.75) is 64.9 Å². The van der Waals surface area contributed by atoms with E-state index in [0.29, 0.717) is 17.6 Å². The predicted molar refractivity (Wildman–Crippen MR) is 104 cm³/mol. The highest BCUT2D eigenvalue weighted by Gasteiger charge is 2.19. The fourth-order valence-electron chi connectivity index (χ4n) is 2.97. The molecule has 2 unspecified atom stereocenters. The Bertz CT molecular complexity index is 690. The van der Waals surface area contributed by atoms with Gasteiger partial charge in [0, 0.05) is 12.4 Å². The molecule has 0 fully saturated rings. The van der Waals surface area contributed by atoms with Gasteiger partial charge in [-0.25, -0.2) is 4.79 Å². The summed E-state index contributed by atoms with van der Waals surface area (Å²) in [6.45, 7) is 9.89. The Balaban J connectivity index is 2.00. The van der Waals surface area contributed by atoms with E-state index < -0.39 is 11.8 Å². The fourth-order valence-corrected chi connectivity index (χ4v) is 2.97. The van der Waals surface area contributed by atoms with E-state index in [4.69, 9.17) is 9.47 Å². The van der Waals surface area contributed by atoms with Crippen molar-refractivity contribution in [2.75, 3.05) is 0 Å². The highest BCUT2D eigenvalue weighted by atomic mass is 16.7. The van der Waals surface area contributed by atoms with Gasteiger partial charge in [-0.15, -0.1) is 0 Å². The summed E-state index contributed by atoms with van der Waals surface area (Å²) in [5.41, 5.74) is 2.00. The molecule has 0 aliphatic carbocycles. The lowest BCUT2D eigenvalue weighted by Crippen LogP contribution is -2.25. The lowest BCUT2D eigenvalue weighted by Gasteiger charge is -2.21. The third-order valence-electron chi connectivity index (χ3n) is 4.35. The van der Waals surface area contributed by atoms with E-state index in [1.54, 1.807) is 0 Å². The number of carbonyl (C=O) groups excluding carboxylic acids is 1. The first-order valence-electron chi connectivity index (χ1n) is 9.19. The summed E-state index contributed by atoms with van der Waals surface area (Å²) in [6, 6.07) is 11.9. The zero-order valence-electron chi connectivity index (χ0n) is 16.4. The van der Waals surface area contributed by atoms with E-state index in [-0.39, 0.29) is 0 Å². The molecule has 0 saturated heterocycles. The van der Waals surface area contributed by atoms with Crippen molar-refractivity contribution in [1.82, 2.24) is 4.98 Å². The molecule has 4 heteroatoms. The molecule has 0 amide bonds. The van der Waals surface area contributed by atoms with Gasteiger partial charge in [-0.1, -0.05) is 26.0 Å². The van der Waals surface area contributed by atoms with Crippen molar-refractivity contribution < 1.29 is 14.3 Å². The van der Waals surface area contributed by atoms with E-state index in [1.165, 1.54) is 11.1 Å². The van der Waals surface area contributed by atoms with Crippen LogP contribution in [0.15, 0.2) is 48.8 Å². The van der Waals surface area contributed by atoms with E-state index in [0.717, 1.165) is 12.8 Å². The summed E-state index contributed by atoms with van der Waals surface area (Å²) in [5, 5.41) is 0. The zero-order chi connectivity index (χ0) is 19.2. The Kier molecular flexibility index (Phi) is 6.78. The molecule has 0 aliphatic heterocycles. The number of nitrogens with zero attached hydrogens (tertiary/aromatic N) is 1. The third-order valence-corrected chi connectivity index (χ3v) is 4.35. The van der Waals surface area contributed by atoms with Gasteiger partial charge in [-0.3, -0.25) is 4.98 Å². The maximum atomic E-state index is 11.8. The molecule has 0 aliphatic rings. The van der Waals surface area contributed by atoms with Crippen LogP contribution in [0.1, 0.15) is 70.4 Å². The molecule has 1 heterocycles. The van der Waals surface area contributed by atoms with Gasteiger partial charge in [0.2, 0.25) is 0 Å². The summed E-state index contributed by atoms with van der Waals surface area (Å²) < 4.78 is 10.4. The zero-order valence-corrected chi connectivity index (χ0v) is 16.4. The number of carbonyl (C=O) groups is 1. The Morgan fingerprint density at radius 2 is 1.65 bits per heavy atom. The van der Waals surface area contributed by atoms with Crippen molar-refractivity contribution in [1.29, 1.82) is 0 Å². The standard InChI is InChI=1S/C22H29NO3/c1-6-17(15-16(2)18-11-13-23-14-12-18)19-7-9-20(10-8-19)25-21(24)26-22(3,4)5/h7-14,16-17H,6,15H2,1-5H3. The van der Waals surface area contributed by atoms with Gasteiger partial charge < -0.3 is 9.47 Å². The number of hydrogen-bond acceptors (Lipinski definition) is 4. The minimum atomic E-state index is -0.677. The lowest BCUT2D eigenvalue weighted by atomic mass is 9.85. The molecule has 0 radical (unpaired) electrons. The minimum Gasteiger partial charge on any atom is -0.428 e. The number of ether oxygens (including phenoxy) is 2. The Morgan fingerprint density at radius 3 is 2.19 bits per heavy atom. The molecular formula is C22H29NO3. The van der Waals surface area contributed by atoms with Crippen molar-refractivity contribution >= 4 is 6.16 Å². The summed E-state index contributed by atoms with van der Waals surface area (Å²) in [7, 11) is 0. The van der Waals surface area contributed by atoms with Crippen LogP contribution in [0.3, 0.4) is 0 Å². The topological polar surface area (TPSA) is 48.4 Å². The largest absolute Gasteiger partial charge is 0.514 e. The van der Waals surface area contributed by atoms with Gasteiger partial charge in [0.1, 0.15) is 11.4 Å². The van der Waals surface area contributed by atoms with Gasteiger partial charge in [0.15, 0.2) is 0 Å². The van der Waals surface area contributed by atoms with Crippen LogP contribution in [0.5, 0.6) is 5.75 Å². The van der Waals surface area contributed by atoms with E-state index >= 15 is 0 Å². The fraction of sp³-hybridized carbons (Fsp3) is 0.455. The second-order valence-electron chi connectivity index (χ2n) is 7.66. The monoisotopic (exact) mass is 355 g/mol. The highest BCUT2D eigenvalue weighted by molar-refractivity contribution is 5.64. The van der Waals surface area contributed by atoms with E-state index in [1.807, 2.05) is 57.4 Å². The average Bonchev–Trinajstić information content (AvgIpc) is 2.59. The molecule has 1 aromatic heterocycles. The van der Waals surface area contributed by atoms with Crippen LogP contribution in [-0.4, -0.2) is 16.7 Å². The van der Waals surface area contributed by atoms with Crippen molar-refractivity contribution in [2.24, 2.45) is 0 Å². The molecule has 0 spiro atoms. The molecule has 140 valence electrons. The second-order valence-corrected chi connectivity index (χ2v) is 7.66. The predicted octanol–water partition coefficient (Wildman–Crippen LogP) is 6.08. The second kappa shape index (κ2) is 8.84. The first-order chi connectivity index (χ1) is 12.3. The van der Waals surface area contributed by atoms with Crippen LogP contribution in [0.4, 0.5) is 4.79 Å². The summed E-state index contributed by atoms with van der Waals surface area (Å²) in [5.74, 6) is 1.41. The van der Waals surface area contributed by atoms with E-state index in [2.05, 4.69) is 31.0 Å². The normalized spacial score (nSPS) is 13.7. The van der Waals surface area contributed by atoms with Crippen LogP contribution < -0.4 is 4.74 Å². The summed E-state index contributed by atoms with van der Waals surface area (Å²) in [6.07, 6.45) is 5.13. The lowest BCUT2D eigenvalue weighted by molar-refractivity contribution is 0.0206. The number of benzene rings is 1. The molecule has 2 rings (SSSR count). The SMILES string of the molecule is CCC(CC(C)c1ccncc1)c1ccc(OC(=O)OC(C)(C)C)cc1. The van der Waals surface area contributed by atoms with Crippen molar-refractivity contribution in [3.8, 4) is 5.75 Å². The number of rotatable bonds is 6. The Morgan fingerprint density at radius 1 is 1.04 bits per heavy atom. The molecule has 26 heavy (non-hydrogen) atoms. The molecule has 2 aromatic rings. The number of aromatic nitrogens is 1. The smallest absolute Gasteiger partial charge is 0.428 e. The molecule has 4 nitrogen and oxygen atoms in total. The van der Waals surface area contributed by atoms with Crippen molar-refractivity contribution in [3.63, 3.8) is 0 Å². The van der Waals surface area contributed by atoms with Crippen LogP contribution in [0.25, 0.3) is 0 Å². The molecular weight excluding hydrogens is 326 g/mol. The summed E-state index contributed by atoms with van der Waals surface area (Å²) >= 11 is 0. The quantitative estimate of drug-likeness (QED) is 0.465. The van der Waals surface area contributed by atoms with Gasteiger partial charge >= 0.3 is 6.16 Å². The number of hydrogen-bond donors (Lipinski definition) is 0. The van der Waals surface area contributed by atoms with Crippen LogP contribution in [-0.2, 0) is 4.74 Å². The Hall–Kier alpha value is -2.36. The van der Waals surface area contributed by atoms with Crippen LogP contribution in [0.2, 0.25) is 0 Å². The van der Waals surface area contributed by atoms with Crippen LogP contribution >= 0.6 is 0 Å². The van der Waals surface area contributed by atoms with Gasteiger partial charge in [0.05, 0.1) is 0 Å². The van der Waals surface area contributed by atoms with Crippen molar-refractivity contribution in [3.05, 3.63) is 59.9 Å². The first-order valence-corrected chi connectivity index (χ1v) is 9.19. The third kappa shape index (κ3) is 6.17. The van der Waals surface area contributed by atoms with Gasteiger partial charge in [-0.2, -0.15) is 0 Å². The molecule has 1 aromatic carbocycles. The maximum absolute atomic E-state index is 11.8. The first kappa shape index (κ1) is 20.0. The number of pyridine rings is 1. The molecule has 0 N–H and O–H groups in total. The highest BCUT2D eigenvalue weighted by Crippen LogP contribution is 2.32. The van der Waals surface area contributed by atoms with Gasteiger partial charge in [0.25, 0.3) is 0 Å². The maximum Gasteiger partial charge on any atom is 0.514 e. The van der Waals surface area contributed by atoms with Crippen LogP contribution in [0, 0.1) is 0 Å². The van der Waals surface area contributed by atoms with E-state index in [9.17, 15) is 4.79 Å². The molecule has 0 bridgehead atoms. The summed E-state index contributed by atoms with van der Waals surface area (Å²) in [4.78, 5) is 15.8. The average molecular weight is 355 g/mol. The Labute approximate surface area is 156 Å². The molecule has 2 atom stereocenters.